The fourth-order valence-corrected chi connectivity index (χ4v) is 1.79. The number of hydrogen-bond donors (Lipinski definition) is 0. The van der Waals surface area contributed by atoms with Gasteiger partial charge in [-0.25, -0.2) is 9.97 Å². The molecule has 0 amide bonds. The molecule has 1 aromatic heterocycles. The van der Waals surface area contributed by atoms with Gasteiger partial charge < -0.3 is 4.74 Å². The van der Waals surface area contributed by atoms with E-state index in [9.17, 15) is 4.79 Å². The first-order valence-corrected chi connectivity index (χ1v) is 5.70. The maximum Gasteiger partial charge on any atom is 0.305 e. The first-order valence-electron chi connectivity index (χ1n) is 4.71. The molecule has 0 N–H and O–H groups in total. The molecule has 15 heavy (non-hydrogen) atoms. The van der Waals surface area contributed by atoms with Crippen LogP contribution in [0.15, 0.2) is 17.4 Å². The van der Waals surface area contributed by atoms with E-state index in [1.54, 1.807) is 18.0 Å². The summed E-state index contributed by atoms with van der Waals surface area (Å²) in [7, 11) is 1.40. The normalized spacial score (nSPS) is 10.0. The van der Waals surface area contributed by atoms with Crippen LogP contribution in [0.5, 0.6) is 0 Å². The number of carbonyl (C=O) groups is 1. The summed E-state index contributed by atoms with van der Waals surface area (Å²) >= 11 is 1.56. The number of aromatic nitrogens is 2. The molecule has 0 aliphatic carbocycles. The molecule has 1 rings (SSSR count). The summed E-state index contributed by atoms with van der Waals surface area (Å²) in [5.74, 6) is 0.666. The minimum Gasteiger partial charge on any atom is -0.469 e. The Labute approximate surface area is 93.5 Å². The first kappa shape index (κ1) is 12.0. The van der Waals surface area contributed by atoms with Crippen LogP contribution in [0.1, 0.15) is 18.5 Å². The number of esters is 1. The van der Waals surface area contributed by atoms with Crippen molar-refractivity contribution in [1.29, 1.82) is 0 Å². The molecule has 0 saturated carbocycles. The molecule has 0 saturated heterocycles. The lowest BCUT2D eigenvalue weighted by Gasteiger charge is -2.00. The van der Waals surface area contributed by atoms with Crippen LogP contribution in [0.25, 0.3) is 0 Å². The van der Waals surface area contributed by atoms with Gasteiger partial charge in [0.05, 0.1) is 7.11 Å². The standard InChI is InChI=1S/C10H14N2O2S/c1-8-5-6-11-10(12-8)15-7-3-4-9(13)14-2/h5-6H,3-4,7H2,1-2H3. The first-order chi connectivity index (χ1) is 7.22. The molecule has 1 aromatic rings. The van der Waals surface area contributed by atoms with Crippen molar-refractivity contribution in [3.63, 3.8) is 0 Å². The summed E-state index contributed by atoms with van der Waals surface area (Å²) in [5.41, 5.74) is 0.959. The molecule has 0 radical (unpaired) electrons. The molecule has 0 fully saturated rings. The molecule has 0 atom stereocenters. The zero-order valence-electron chi connectivity index (χ0n) is 8.90. The quantitative estimate of drug-likeness (QED) is 0.332. The fraction of sp³-hybridized carbons (Fsp3) is 0.500. The zero-order valence-corrected chi connectivity index (χ0v) is 9.71. The van der Waals surface area contributed by atoms with E-state index in [0.717, 1.165) is 23.0 Å². The second-order valence-corrected chi connectivity index (χ2v) is 4.07. The van der Waals surface area contributed by atoms with E-state index in [0.29, 0.717) is 6.42 Å². The third kappa shape index (κ3) is 4.78. The number of aryl methyl sites for hydroxylation is 1. The van der Waals surface area contributed by atoms with Gasteiger partial charge in [0.1, 0.15) is 0 Å². The van der Waals surface area contributed by atoms with E-state index in [-0.39, 0.29) is 5.97 Å². The molecular weight excluding hydrogens is 212 g/mol. The number of rotatable bonds is 5. The van der Waals surface area contributed by atoms with Crippen molar-refractivity contribution in [1.82, 2.24) is 9.97 Å². The Balaban J connectivity index is 2.23. The Morgan fingerprint density at radius 3 is 3.07 bits per heavy atom. The topological polar surface area (TPSA) is 52.1 Å². The molecular formula is C10H14N2O2S. The van der Waals surface area contributed by atoms with Gasteiger partial charge in [0.25, 0.3) is 0 Å². The van der Waals surface area contributed by atoms with Crippen LogP contribution in [0.3, 0.4) is 0 Å². The van der Waals surface area contributed by atoms with Crippen LogP contribution in [0, 0.1) is 6.92 Å². The number of methoxy groups -OCH3 is 1. The van der Waals surface area contributed by atoms with Gasteiger partial charge in [0.2, 0.25) is 0 Å². The molecule has 0 spiro atoms. The molecule has 0 aromatic carbocycles. The van der Waals surface area contributed by atoms with Crippen molar-refractivity contribution >= 4 is 17.7 Å². The lowest BCUT2D eigenvalue weighted by molar-refractivity contribution is -0.140. The summed E-state index contributed by atoms with van der Waals surface area (Å²) in [6.45, 7) is 1.93. The Morgan fingerprint density at radius 2 is 2.40 bits per heavy atom. The number of thioether (sulfide) groups is 1. The number of hydrogen-bond acceptors (Lipinski definition) is 5. The van der Waals surface area contributed by atoms with Crippen LogP contribution >= 0.6 is 11.8 Å². The monoisotopic (exact) mass is 226 g/mol. The highest BCUT2D eigenvalue weighted by molar-refractivity contribution is 7.99. The lowest BCUT2D eigenvalue weighted by atomic mass is 10.3. The van der Waals surface area contributed by atoms with Gasteiger partial charge in [0, 0.05) is 24.1 Å². The van der Waals surface area contributed by atoms with Crippen molar-refractivity contribution in [2.24, 2.45) is 0 Å². The Bertz CT molecular complexity index is 331. The molecule has 1 heterocycles. The highest BCUT2D eigenvalue weighted by atomic mass is 32.2. The van der Waals surface area contributed by atoms with Crippen molar-refractivity contribution in [2.75, 3.05) is 12.9 Å². The van der Waals surface area contributed by atoms with Crippen molar-refractivity contribution < 1.29 is 9.53 Å². The van der Waals surface area contributed by atoms with Crippen molar-refractivity contribution in [2.45, 2.75) is 24.9 Å². The van der Waals surface area contributed by atoms with Gasteiger partial charge in [-0.2, -0.15) is 0 Å². The van der Waals surface area contributed by atoms with Gasteiger partial charge in [-0.15, -0.1) is 0 Å². The van der Waals surface area contributed by atoms with Gasteiger partial charge in [-0.05, 0) is 19.4 Å². The SMILES string of the molecule is COC(=O)CCCSc1nccc(C)n1. The summed E-state index contributed by atoms with van der Waals surface area (Å²) in [6.07, 6.45) is 2.98. The Morgan fingerprint density at radius 1 is 1.60 bits per heavy atom. The summed E-state index contributed by atoms with van der Waals surface area (Å²) in [5, 5.41) is 0.764. The summed E-state index contributed by atoms with van der Waals surface area (Å²) in [6, 6.07) is 1.86. The van der Waals surface area contributed by atoms with E-state index >= 15 is 0 Å². The lowest BCUT2D eigenvalue weighted by Crippen LogP contribution is -2.00. The highest BCUT2D eigenvalue weighted by Gasteiger charge is 2.01. The Hall–Kier alpha value is -1.10. The second-order valence-electron chi connectivity index (χ2n) is 3.01. The largest absolute Gasteiger partial charge is 0.469 e. The molecule has 5 heteroatoms. The predicted octanol–water partition coefficient (Wildman–Crippen LogP) is 1.83. The van der Waals surface area contributed by atoms with Gasteiger partial charge >= 0.3 is 5.97 Å². The van der Waals surface area contributed by atoms with Crippen LogP contribution in [-0.4, -0.2) is 28.8 Å². The number of carbonyl (C=O) groups excluding carboxylic acids is 1. The van der Waals surface area contributed by atoms with E-state index in [1.165, 1.54) is 7.11 Å². The van der Waals surface area contributed by atoms with E-state index < -0.39 is 0 Å². The maximum atomic E-state index is 10.8. The maximum absolute atomic E-state index is 10.8. The van der Waals surface area contributed by atoms with E-state index in [2.05, 4.69) is 14.7 Å². The molecule has 0 bridgehead atoms. The third-order valence-electron chi connectivity index (χ3n) is 1.76. The second kappa shape index (κ2) is 6.40. The van der Waals surface area contributed by atoms with Crippen LogP contribution < -0.4 is 0 Å². The van der Waals surface area contributed by atoms with Crippen molar-refractivity contribution in [3.8, 4) is 0 Å². The van der Waals surface area contributed by atoms with Gasteiger partial charge in [0.15, 0.2) is 5.16 Å². The molecule has 0 aliphatic rings. The smallest absolute Gasteiger partial charge is 0.305 e. The minimum absolute atomic E-state index is 0.166. The van der Waals surface area contributed by atoms with Gasteiger partial charge in [-0.1, -0.05) is 11.8 Å². The average molecular weight is 226 g/mol. The molecule has 82 valence electrons. The fourth-order valence-electron chi connectivity index (χ4n) is 0.977. The number of ether oxygens (including phenoxy) is 1. The number of nitrogens with zero attached hydrogens (tertiary/aromatic N) is 2. The molecule has 0 unspecified atom stereocenters. The summed E-state index contributed by atoms with van der Waals surface area (Å²) in [4.78, 5) is 19.2. The summed E-state index contributed by atoms with van der Waals surface area (Å²) < 4.78 is 4.54. The molecule has 0 aliphatic heterocycles. The van der Waals surface area contributed by atoms with E-state index in [1.807, 2.05) is 13.0 Å². The zero-order chi connectivity index (χ0) is 11.1. The van der Waals surface area contributed by atoms with Gasteiger partial charge in [-0.3, -0.25) is 4.79 Å². The minimum atomic E-state index is -0.166. The highest BCUT2D eigenvalue weighted by Crippen LogP contribution is 2.14. The third-order valence-corrected chi connectivity index (χ3v) is 2.70. The van der Waals surface area contributed by atoms with Crippen LogP contribution in [0.2, 0.25) is 0 Å². The van der Waals surface area contributed by atoms with Crippen LogP contribution in [-0.2, 0) is 9.53 Å². The van der Waals surface area contributed by atoms with Crippen LogP contribution in [0.4, 0.5) is 0 Å². The average Bonchev–Trinajstić information content (AvgIpc) is 2.24. The van der Waals surface area contributed by atoms with Crippen molar-refractivity contribution in [3.05, 3.63) is 18.0 Å². The Kier molecular flexibility index (Phi) is 5.10. The predicted molar refractivity (Wildman–Crippen MR) is 58.7 cm³/mol. The van der Waals surface area contributed by atoms with E-state index in [4.69, 9.17) is 0 Å². The molecule has 4 nitrogen and oxygen atoms in total.